The molecular formula is C10H20OS. The predicted octanol–water partition coefficient (Wildman–Crippen LogP) is 3.28. The Morgan fingerprint density at radius 3 is 2.58 bits per heavy atom. The third kappa shape index (κ3) is 8.12. The summed E-state index contributed by atoms with van der Waals surface area (Å²) in [6, 6.07) is 0. The summed E-state index contributed by atoms with van der Waals surface area (Å²) in [6.07, 6.45) is 4.27. The van der Waals surface area contributed by atoms with E-state index in [1.807, 2.05) is 11.8 Å². The predicted molar refractivity (Wildman–Crippen MR) is 56.7 cm³/mol. The fourth-order valence-electron chi connectivity index (χ4n) is 0.878. The van der Waals surface area contributed by atoms with Crippen molar-refractivity contribution in [1.82, 2.24) is 0 Å². The summed E-state index contributed by atoms with van der Waals surface area (Å²) in [6.45, 7) is 6.14. The quantitative estimate of drug-likeness (QED) is 0.570. The molecule has 0 fully saturated rings. The maximum Gasteiger partial charge on any atom is 0.129 e. The maximum atomic E-state index is 10.6. The molecular weight excluding hydrogens is 168 g/mol. The summed E-state index contributed by atoms with van der Waals surface area (Å²) >= 11 is 2.02. The molecule has 0 bridgehead atoms. The van der Waals surface area contributed by atoms with Crippen LogP contribution in [0.5, 0.6) is 0 Å². The molecule has 0 amide bonds. The Balaban J connectivity index is 3.05. The first kappa shape index (κ1) is 12.0. The van der Waals surface area contributed by atoms with Crippen LogP contribution in [0.25, 0.3) is 0 Å². The number of carbonyl (C=O) groups excluding carboxylic acids is 1. The van der Waals surface area contributed by atoms with Gasteiger partial charge >= 0.3 is 0 Å². The van der Waals surface area contributed by atoms with Gasteiger partial charge in [0.15, 0.2) is 0 Å². The number of Topliss-reactive ketones (excluding diaryl/α,β-unsaturated/α-hetero) is 1. The number of hydrogen-bond donors (Lipinski definition) is 0. The number of thioether (sulfide) groups is 1. The highest BCUT2D eigenvalue weighted by molar-refractivity contribution is 7.99. The second-order valence-electron chi connectivity index (χ2n) is 3.25. The van der Waals surface area contributed by atoms with E-state index in [1.165, 1.54) is 18.6 Å². The smallest absolute Gasteiger partial charge is 0.129 e. The van der Waals surface area contributed by atoms with Crippen molar-refractivity contribution in [2.75, 3.05) is 5.75 Å². The van der Waals surface area contributed by atoms with Gasteiger partial charge in [0.1, 0.15) is 5.78 Å². The van der Waals surface area contributed by atoms with E-state index in [4.69, 9.17) is 0 Å². The zero-order valence-corrected chi connectivity index (χ0v) is 9.25. The van der Waals surface area contributed by atoms with Gasteiger partial charge in [0.25, 0.3) is 0 Å². The van der Waals surface area contributed by atoms with E-state index >= 15 is 0 Å². The highest BCUT2D eigenvalue weighted by atomic mass is 32.2. The van der Waals surface area contributed by atoms with Crippen molar-refractivity contribution in [3.05, 3.63) is 0 Å². The number of unbranched alkanes of at least 4 members (excludes halogenated alkanes) is 1. The topological polar surface area (TPSA) is 17.1 Å². The van der Waals surface area contributed by atoms with E-state index in [2.05, 4.69) is 13.8 Å². The second-order valence-corrected chi connectivity index (χ2v) is 4.80. The van der Waals surface area contributed by atoms with Gasteiger partial charge < -0.3 is 4.79 Å². The van der Waals surface area contributed by atoms with E-state index in [0.29, 0.717) is 5.78 Å². The van der Waals surface area contributed by atoms with Crippen LogP contribution in [0.3, 0.4) is 0 Å². The molecule has 0 aromatic heterocycles. The van der Waals surface area contributed by atoms with Gasteiger partial charge in [-0.15, -0.1) is 0 Å². The fraction of sp³-hybridized carbons (Fsp3) is 0.900. The summed E-state index contributed by atoms with van der Waals surface area (Å²) in [4.78, 5) is 10.6. The Morgan fingerprint density at radius 2 is 2.08 bits per heavy atom. The molecule has 1 atom stereocenters. The number of carbonyl (C=O) groups is 1. The summed E-state index contributed by atoms with van der Waals surface area (Å²) in [5, 5.41) is 0.780. The highest BCUT2D eigenvalue weighted by Gasteiger charge is 1.98. The van der Waals surface area contributed by atoms with Crippen LogP contribution >= 0.6 is 11.8 Å². The lowest BCUT2D eigenvalue weighted by Gasteiger charge is -2.06. The Morgan fingerprint density at radius 1 is 1.42 bits per heavy atom. The molecule has 0 saturated heterocycles. The molecule has 0 aliphatic carbocycles. The molecule has 0 heterocycles. The van der Waals surface area contributed by atoms with Crippen LogP contribution in [-0.2, 0) is 4.79 Å². The van der Waals surface area contributed by atoms with E-state index in [-0.39, 0.29) is 0 Å². The van der Waals surface area contributed by atoms with Crippen molar-refractivity contribution in [3.63, 3.8) is 0 Å². The molecule has 0 radical (unpaired) electrons. The molecule has 0 aliphatic rings. The van der Waals surface area contributed by atoms with E-state index < -0.39 is 0 Å². The summed E-state index contributed by atoms with van der Waals surface area (Å²) in [5.74, 6) is 1.53. The third-order valence-corrected chi connectivity index (χ3v) is 3.33. The molecule has 0 saturated carbocycles. The Labute approximate surface area is 80.3 Å². The molecule has 0 aromatic rings. The summed E-state index contributed by atoms with van der Waals surface area (Å²) < 4.78 is 0. The molecule has 2 heteroatoms. The fourth-order valence-corrected chi connectivity index (χ4v) is 1.89. The lowest BCUT2D eigenvalue weighted by atomic mass is 10.2. The first-order valence-corrected chi connectivity index (χ1v) is 5.82. The van der Waals surface area contributed by atoms with Crippen LogP contribution in [0, 0.1) is 0 Å². The molecule has 0 rings (SSSR count). The lowest BCUT2D eigenvalue weighted by Crippen LogP contribution is -1.95. The first-order valence-electron chi connectivity index (χ1n) is 4.77. The van der Waals surface area contributed by atoms with Crippen molar-refractivity contribution < 1.29 is 4.79 Å². The first-order chi connectivity index (χ1) is 5.66. The monoisotopic (exact) mass is 188 g/mol. The van der Waals surface area contributed by atoms with E-state index in [0.717, 1.165) is 18.1 Å². The lowest BCUT2D eigenvalue weighted by molar-refractivity contribution is -0.117. The maximum absolute atomic E-state index is 10.6. The van der Waals surface area contributed by atoms with Crippen molar-refractivity contribution in [2.24, 2.45) is 0 Å². The third-order valence-electron chi connectivity index (χ3n) is 1.90. The average Bonchev–Trinajstić information content (AvgIpc) is 2.03. The van der Waals surface area contributed by atoms with Gasteiger partial charge in [0.2, 0.25) is 0 Å². The van der Waals surface area contributed by atoms with Crippen LogP contribution in [0.15, 0.2) is 0 Å². The van der Waals surface area contributed by atoms with Gasteiger partial charge in [0, 0.05) is 11.7 Å². The van der Waals surface area contributed by atoms with Crippen molar-refractivity contribution in [1.29, 1.82) is 0 Å². The zero-order chi connectivity index (χ0) is 9.40. The minimum Gasteiger partial charge on any atom is -0.300 e. The second kappa shape index (κ2) is 7.66. The SMILES string of the molecule is CCC(C)SCCCCC(C)=O. The minimum atomic E-state index is 0.323. The van der Waals surface area contributed by atoms with Crippen LogP contribution in [-0.4, -0.2) is 16.8 Å². The molecule has 0 aromatic carbocycles. The van der Waals surface area contributed by atoms with E-state index in [1.54, 1.807) is 6.92 Å². The molecule has 0 N–H and O–H groups in total. The van der Waals surface area contributed by atoms with Crippen molar-refractivity contribution >= 4 is 17.5 Å². The van der Waals surface area contributed by atoms with Crippen molar-refractivity contribution in [3.8, 4) is 0 Å². The van der Waals surface area contributed by atoms with Gasteiger partial charge in [-0.25, -0.2) is 0 Å². The molecule has 0 spiro atoms. The van der Waals surface area contributed by atoms with Crippen LogP contribution in [0.1, 0.15) is 46.5 Å². The molecule has 12 heavy (non-hydrogen) atoms. The van der Waals surface area contributed by atoms with Crippen LogP contribution in [0.4, 0.5) is 0 Å². The number of hydrogen-bond acceptors (Lipinski definition) is 2. The van der Waals surface area contributed by atoms with Gasteiger partial charge in [0.05, 0.1) is 0 Å². The normalized spacial score (nSPS) is 12.9. The average molecular weight is 188 g/mol. The molecule has 0 aliphatic heterocycles. The van der Waals surface area contributed by atoms with Crippen molar-refractivity contribution in [2.45, 2.75) is 51.7 Å². The standard InChI is InChI=1S/C10H20OS/c1-4-10(3)12-8-6-5-7-9(2)11/h10H,4-8H2,1-3H3. The van der Waals surface area contributed by atoms with Gasteiger partial charge in [-0.1, -0.05) is 13.8 Å². The zero-order valence-electron chi connectivity index (χ0n) is 8.43. The number of rotatable bonds is 7. The van der Waals surface area contributed by atoms with Gasteiger partial charge in [-0.05, 0) is 31.9 Å². The molecule has 72 valence electrons. The Bertz CT molecular complexity index is 123. The minimum absolute atomic E-state index is 0.323. The Kier molecular flexibility index (Phi) is 7.67. The summed E-state index contributed by atoms with van der Waals surface area (Å²) in [7, 11) is 0. The van der Waals surface area contributed by atoms with Gasteiger partial charge in [-0.2, -0.15) is 11.8 Å². The number of ketones is 1. The Hall–Kier alpha value is 0.0200. The molecule has 1 nitrogen and oxygen atoms in total. The highest BCUT2D eigenvalue weighted by Crippen LogP contribution is 2.15. The summed E-state index contributed by atoms with van der Waals surface area (Å²) in [5.41, 5.74) is 0. The van der Waals surface area contributed by atoms with Gasteiger partial charge in [-0.3, -0.25) is 0 Å². The largest absolute Gasteiger partial charge is 0.300 e. The van der Waals surface area contributed by atoms with E-state index in [9.17, 15) is 4.79 Å². The molecule has 1 unspecified atom stereocenters. The van der Waals surface area contributed by atoms with Crippen LogP contribution < -0.4 is 0 Å². The van der Waals surface area contributed by atoms with Crippen LogP contribution in [0.2, 0.25) is 0 Å².